The summed E-state index contributed by atoms with van der Waals surface area (Å²) in [4.78, 5) is 13.0. The van der Waals surface area contributed by atoms with Crippen LogP contribution in [0.3, 0.4) is 0 Å². The summed E-state index contributed by atoms with van der Waals surface area (Å²) in [5.74, 6) is 1.40. The van der Waals surface area contributed by atoms with Gasteiger partial charge >= 0.3 is 0 Å². The van der Waals surface area contributed by atoms with Crippen LogP contribution in [0.25, 0.3) is 0 Å². The molecule has 1 amide bonds. The Morgan fingerprint density at radius 1 is 1.25 bits per heavy atom. The van der Waals surface area contributed by atoms with Crippen molar-refractivity contribution in [1.82, 2.24) is 0 Å². The van der Waals surface area contributed by atoms with E-state index in [9.17, 15) is 4.79 Å². The van der Waals surface area contributed by atoms with Gasteiger partial charge in [-0.3, -0.25) is 4.79 Å². The smallest absolute Gasteiger partial charge is 0.256 e. The maximum Gasteiger partial charge on any atom is 0.256 e. The molecule has 2 atom stereocenters. The molecule has 1 N–H and O–H groups in total. The van der Waals surface area contributed by atoms with Gasteiger partial charge in [0.15, 0.2) is 0 Å². The van der Waals surface area contributed by atoms with E-state index in [-0.39, 0.29) is 5.91 Å². The number of hydrogen-bond acceptors (Lipinski definition) is 3. The first kappa shape index (κ1) is 18.8. The van der Waals surface area contributed by atoms with Crippen molar-refractivity contribution in [1.29, 1.82) is 0 Å². The highest BCUT2D eigenvalue weighted by Gasteiger charge is 2.42. The van der Waals surface area contributed by atoms with E-state index in [0.717, 1.165) is 41.8 Å². The summed E-state index contributed by atoms with van der Waals surface area (Å²) in [5, 5.41) is 3.09. The Hall–Kier alpha value is -1.55. The van der Waals surface area contributed by atoms with Crippen LogP contribution < -0.4 is 10.1 Å². The number of hydrogen-bond donors (Lipinski definition) is 1. The monoisotopic (exact) mass is 333 g/mol. The van der Waals surface area contributed by atoms with Gasteiger partial charge in [0.1, 0.15) is 11.4 Å². The Morgan fingerprint density at radius 3 is 2.46 bits per heavy atom. The second-order valence-corrected chi connectivity index (χ2v) is 6.96. The lowest BCUT2D eigenvalue weighted by atomic mass is 9.78. The lowest BCUT2D eigenvalue weighted by Gasteiger charge is -2.38. The molecule has 0 spiro atoms. The fraction of sp³-hybridized carbons (Fsp3) is 0.650. The molecule has 4 heteroatoms. The molecular weight excluding hydrogens is 302 g/mol. The van der Waals surface area contributed by atoms with Gasteiger partial charge in [-0.05, 0) is 76.1 Å². The van der Waals surface area contributed by atoms with Gasteiger partial charge in [-0.1, -0.05) is 13.3 Å². The van der Waals surface area contributed by atoms with Crippen molar-refractivity contribution in [3.8, 4) is 5.75 Å². The number of carbonyl (C=O) groups excluding carboxylic acids is 1. The second kappa shape index (κ2) is 8.02. The normalized spacial score (nSPS) is 23.8. The van der Waals surface area contributed by atoms with E-state index >= 15 is 0 Å². The van der Waals surface area contributed by atoms with E-state index in [1.165, 1.54) is 6.42 Å². The molecule has 1 fully saturated rings. The van der Waals surface area contributed by atoms with E-state index < -0.39 is 5.60 Å². The Kier molecular flexibility index (Phi) is 6.27. The molecule has 2 rings (SSSR count). The Bertz CT molecular complexity index is 557. The first-order chi connectivity index (χ1) is 11.4. The van der Waals surface area contributed by atoms with E-state index in [1.807, 2.05) is 39.8 Å². The zero-order chi connectivity index (χ0) is 17.7. The molecule has 0 saturated heterocycles. The first-order valence-electron chi connectivity index (χ1n) is 9.11. The number of aryl methyl sites for hydroxylation is 2. The largest absolute Gasteiger partial charge is 0.493 e. The molecule has 0 aliphatic heterocycles. The molecule has 1 aromatic carbocycles. The molecule has 0 aromatic heterocycles. The number of anilines is 1. The molecule has 134 valence electrons. The number of amides is 1. The van der Waals surface area contributed by atoms with Crippen LogP contribution in [0.5, 0.6) is 5.75 Å². The number of carbonyl (C=O) groups is 1. The number of nitrogens with one attached hydrogen (secondary N) is 1. The fourth-order valence-electron chi connectivity index (χ4n) is 3.82. The second-order valence-electron chi connectivity index (χ2n) is 6.96. The van der Waals surface area contributed by atoms with E-state index in [4.69, 9.17) is 9.47 Å². The minimum absolute atomic E-state index is 0.0149. The maximum absolute atomic E-state index is 13.0. The predicted molar refractivity (Wildman–Crippen MR) is 97.7 cm³/mol. The highest BCUT2D eigenvalue weighted by molar-refractivity contribution is 5.97. The van der Waals surface area contributed by atoms with Crippen LogP contribution in [0.4, 0.5) is 5.69 Å². The van der Waals surface area contributed by atoms with Crippen molar-refractivity contribution < 1.29 is 14.3 Å². The van der Waals surface area contributed by atoms with Gasteiger partial charge < -0.3 is 14.8 Å². The van der Waals surface area contributed by atoms with Gasteiger partial charge in [0, 0.05) is 12.3 Å². The van der Waals surface area contributed by atoms with Gasteiger partial charge in [0.05, 0.1) is 6.61 Å². The number of rotatable bonds is 6. The van der Waals surface area contributed by atoms with E-state index in [1.54, 1.807) is 0 Å². The summed E-state index contributed by atoms with van der Waals surface area (Å²) in [5.41, 5.74) is 2.20. The van der Waals surface area contributed by atoms with Crippen molar-refractivity contribution in [2.75, 3.05) is 18.5 Å². The molecule has 4 nitrogen and oxygen atoms in total. The van der Waals surface area contributed by atoms with Crippen LogP contribution in [0.2, 0.25) is 0 Å². The number of ether oxygens (including phenoxy) is 2. The zero-order valence-corrected chi connectivity index (χ0v) is 15.7. The molecular formula is C20H31NO3. The topological polar surface area (TPSA) is 47.6 Å². The van der Waals surface area contributed by atoms with E-state index in [0.29, 0.717) is 19.1 Å². The van der Waals surface area contributed by atoms with Crippen molar-refractivity contribution in [3.63, 3.8) is 0 Å². The fourth-order valence-corrected chi connectivity index (χ4v) is 3.82. The average Bonchev–Trinajstić information content (AvgIpc) is 2.51. The minimum atomic E-state index is -0.688. The SMILES string of the molecule is CCOc1c(C)cc(NC(=O)[C@]2(OCC)CCC[C@H](C)C2)cc1C. The third kappa shape index (κ3) is 4.10. The maximum atomic E-state index is 13.0. The van der Waals surface area contributed by atoms with Crippen molar-refractivity contribution in [3.05, 3.63) is 23.3 Å². The Morgan fingerprint density at radius 2 is 1.92 bits per heavy atom. The van der Waals surface area contributed by atoms with Gasteiger partial charge in [0.2, 0.25) is 0 Å². The van der Waals surface area contributed by atoms with Crippen LogP contribution in [-0.2, 0) is 9.53 Å². The Labute approximate surface area is 145 Å². The van der Waals surface area contributed by atoms with Crippen LogP contribution >= 0.6 is 0 Å². The van der Waals surface area contributed by atoms with Crippen molar-refractivity contribution in [2.24, 2.45) is 5.92 Å². The van der Waals surface area contributed by atoms with Crippen LogP contribution in [-0.4, -0.2) is 24.7 Å². The molecule has 1 aliphatic carbocycles. The third-order valence-corrected chi connectivity index (χ3v) is 4.80. The quantitative estimate of drug-likeness (QED) is 0.826. The van der Waals surface area contributed by atoms with Crippen LogP contribution in [0.15, 0.2) is 12.1 Å². The zero-order valence-electron chi connectivity index (χ0n) is 15.7. The Balaban J connectivity index is 2.21. The summed E-state index contributed by atoms with van der Waals surface area (Å²) in [6.07, 6.45) is 3.80. The first-order valence-corrected chi connectivity index (χ1v) is 9.11. The average molecular weight is 333 g/mol. The lowest BCUT2D eigenvalue weighted by molar-refractivity contribution is -0.147. The molecule has 24 heavy (non-hydrogen) atoms. The molecule has 1 aromatic rings. The summed E-state index contributed by atoms with van der Waals surface area (Å²) in [6.45, 7) is 11.3. The molecule has 1 saturated carbocycles. The van der Waals surface area contributed by atoms with E-state index in [2.05, 4.69) is 12.2 Å². The highest BCUT2D eigenvalue weighted by atomic mass is 16.5. The molecule has 0 heterocycles. The summed E-state index contributed by atoms with van der Waals surface area (Å²) in [6, 6.07) is 3.95. The molecule has 0 bridgehead atoms. The number of benzene rings is 1. The summed E-state index contributed by atoms with van der Waals surface area (Å²) in [7, 11) is 0. The lowest BCUT2D eigenvalue weighted by Crippen LogP contribution is -2.48. The van der Waals surface area contributed by atoms with Gasteiger partial charge in [-0.25, -0.2) is 0 Å². The molecule has 1 aliphatic rings. The van der Waals surface area contributed by atoms with Crippen molar-refractivity contribution in [2.45, 2.75) is 65.9 Å². The molecule has 0 radical (unpaired) electrons. The van der Waals surface area contributed by atoms with Crippen LogP contribution in [0, 0.1) is 19.8 Å². The van der Waals surface area contributed by atoms with Gasteiger partial charge in [0.25, 0.3) is 5.91 Å². The molecule has 0 unspecified atom stereocenters. The van der Waals surface area contributed by atoms with Gasteiger partial charge in [-0.2, -0.15) is 0 Å². The predicted octanol–water partition coefficient (Wildman–Crippen LogP) is 4.63. The standard InChI is InChI=1S/C20H31NO3/c1-6-23-18-15(4)11-17(12-16(18)5)21-19(22)20(24-7-2)10-8-9-14(3)13-20/h11-12,14H,6-10,13H2,1-5H3,(H,21,22)/t14-,20-/m0/s1. The van der Waals surface area contributed by atoms with Gasteiger partial charge in [-0.15, -0.1) is 0 Å². The summed E-state index contributed by atoms with van der Waals surface area (Å²) >= 11 is 0. The highest BCUT2D eigenvalue weighted by Crippen LogP contribution is 2.36. The van der Waals surface area contributed by atoms with Crippen LogP contribution in [0.1, 0.15) is 57.6 Å². The minimum Gasteiger partial charge on any atom is -0.493 e. The summed E-state index contributed by atoms with van der Waals surface area (Å²) < 4.78 is 11.6. The third-order valence-electron chi connectivity index (χ3n) is 4.80. The van der Waals surface area contributed by atoms with Crippen molar-refractivity contribution >= 4 is 11.6 Å².